The molecule has 0 unspecified atom stereocenters. The van der Waals surface area contributed by atoms with Crippen LogP contribution in [0.25, 0.3) is 10.8 Å². The van der Waals surface area contributed by atoms with Gasteiger partial charge in [-0.25, -0.2) is 0 Å². The number of fused-ring (bicyclic) bond motifs is 1. The van der Waals surface area contributed by atoms with Crippen molar-refractivity contribution in [3.63, 3.8) is 0 Å². The van der Waals surface area contributed by atoms with E-state index in [1.807, 2.05) is 0 Å². The van der Waals surface area contributed by atoms with Gasteiger partial charge in [0.1, 0.15) is 0 Å². The third kappa shape index (κ3) is 1.88. The zero-order chi connectivity index (χ0) is 11.8. The molecule has 0 aliphatic rings. The van der Waals surface area contributed by atoms with Crippen molar-refractivity contribution >= 4 is 10.8 Å². The molecule has 0 fully saturated rings. The van der Waals surface area contributed by atoms with Gasteiger partial charge in [0.25, 0.3) is 0 Å². The van der Waals surface area contributed by atoms with Crippen LogP contribution in [0.5, 0.6) is 0 Å². The second-order valence-electron chi connectivity index (χ2n) is 3.51. The minimum absolute atomic E-state index is 0.106. The summed E-state index contributed by atoms with van der Waals surface area (Å²) in [6, 6.07) is 11.2. The van der Waals surface area contributed by atoms with Crippen LogP contribution in [0, 0.1) is 0 Å². The van der Waals surface area contributed by atoms with Crippen molar-refractivity contribution in [1.29, 1.82) is 0 Å². The second kappa shape index (κ2) is 3.79. The van der Waals surface area contributed by atoms with Crippen LogP contribution < -0.4 is 0 Å². The van der Waals surface area contributed by atoms with Crippen molar-refractivity contribution in [1.82, 2.24) is 0 Å². The molecular formula is C12H9F3O. The molecule has 0 amide bonds. The van der Waals surface area contributed by atoms with Crippen LogP contribution in [0.3, 0.4) is 0 Å². The average molecular weight is 226 g/mol. The molecule has 1 atom stereocenters. The number of alkyl halides is 3. The molecule has 2 aromatic rings. The molecule has 0 spiro atoms. The number of aliphatic hydroxyl groups is 1. The fraction of sp³-hybridized carbons (Fsp3) is 0.167. The molecule has 2 aromatic carbocycles. The zero-order valence-electron chi connectivity index (χ0n) is 8.20. The van der Waals surface area contributed by atoms with E-state index in [0.29, 0.717) is 10.8 Å². The van der Waals surface area contributed by atoms with Crippen LogP contribution in [0.2, 0.25) is 0 Å². The smallest absolute Gasteiger partial charge is 0.379 e. The minimum Gasteiger partial charge on any atom is -0.379 e. The first-order valence-electron chi connectivity index (χ1n) is 4.72. The molecule has 0 radical (unpaired) electrons. The zero-order valence-corrected chi connectivity index (χ0v) is 8.20. The Morgan fingerprint density at radius 2 is 1.56 bits per heavy atom. The number of benzene rings is 2. The average Bonchev–Trinajstić information content (AvgIpc) is 2.26. The summed E-state index contributed by atoms with van der Waals surface area (Å²) in [5, 5.41) is 10.3. The first kappa shape index (κ1) is 11.0. The third-order valence-corrected chi connectivity index (χ3v) is 2.43. The van der Waals surface area contributed by atoms with E-state index in [-0.39, 0.29) is 5.56 Å². The quantitative estimate of drug-likeness (QED) is 0.789. The van der Waals surface area contributed by atoms with Crippen LogP contribution >= 0.6 is 0 Å². The minimum atomic E-state index is -4.63. The second-order valence-corrected chi connectivity index (χ2v) is 3.51. The van der Waals surface area contributed by atoms with Crippen LogP contribution in [-0.2, 0) is 0 Å². The van der Waals surface area contributed by atoms with E-state index < -0.39 is 12.3 Å². The standard InChI is InChI=1S/C12H9F3O/c13-12(14,15)11(16)10-7-3-5-8-4-1-2-6-9(8)10/h1-7,11,16H/t11-/m1/s1. The molecule has 4 heteroatoms. The number of aliphatic hydroxyl groups excluding tert-OH is 1. The van der Waals surface area contributed by atoms with Crippen molar-refractivity contribution in [3.8, 4) is 0 Å². The predicted octanol–water partition coefficient (Wildman–Crippen LogP) is 3.44. The summed E-state index contributed by atoms with van der Waals surface area (Å²) >= 11 is 0. The van der Waals surface area contributed by atoms with Gasteiger partial charge in [0.15, 0.2) is 6.10 Å². The molecule has 16 heavy (non-hydrogen) atoms. The lowest BCUT2D eigenvalue weighted by Gasteiger charge is -2.16. The fourth-order valence-corrected chi connectivity index (χ4v) is 1.67. The third-order valence-electron chi connectivity index (χ3n) is 2.43. The van der Waals surface area contributed by atoms with Crippen LogP contribution in [-0.4, -0.2) is 11.3 Å². The van der Waals surface area contributed by atoms with Gasteiger partial charge >= 0.3 is 6.18 Å². The maximum Gasteiger partial charge on any atom is 0.418 e. The van der Waals surface area contributed by atoms with Gasteiger partial charge in [0, 0.05) is 0 Å². The van der Waals surface area contributed by atoms with Gasteiger partial charge in [-0.1, -0.05) is 42.5 Å². The van der Waals surface area contributed by atoms with E-state index in [2.05, 4.69) is 0 Å². The van der Waals surface area contributed by atoms with Gasteiger partial charge in [-0.3, -0.25) is 0 Å². The Morgan fingerprint density at radius 3 is 2.25 bits per heavy atom. The van der Waals surface area contributed by atoms with Crippen molar-refractivity contribution in [2.75, 3.05) is 0 Å². The number of hydrogen-bond donors (Lipinski definition) is 1. The summed E-state index contributed by atoms with van der Waals surface area (Å²) in [7, 11) is 0. The molecule has 0 saturated heterocycles. The molecular weight excluding hydrogens is 217 g/mol. The monoisotopic (exact) mass is 226 g/mol. The van der Waals surface area contributed by atoms with Gasteiger partial charge in [-0.2, -0.15) is 13.2 Å². The van der Waals surface area contributed by atoms with Crippen LogP contribution in [0.4, 0.5) is 13.2 Å². The van der Waals surface area contributed by atoms with E-state index in [1.54, 1.807) is 30.3 Å². The highest BCUT2D eigenvalue weighted by molar-refractivity contribution is 5.86. The SMILES string of the molecule is O[C@H](c1cccc2ccccc12)C(F)(F)F. The molecule has 1 N–H and O–H groups in total. The summed E-state index contributed by atoms with van der Waals surface area (Å²) in [6.07, 6.45) is -7.07. The Balaban J connectivity index is 2.61. The molecule has 0 aromatic heterocycles. The van der Waals surface area contributed by atoms with E-state index in [1.165, 1.54) is 12.1 Å². The van der Waals surface area contributed by atoms with Crippen molar-refractivity contribution < 1.29 is 18.3 Å². The Bertz CT molecular complexity index is 500. The van der Waals surface area contributed by atoms with E-state index >= 15 is 0 Å². The summed E-state index contributed by atoms with van der Waals surface area (Å²) in [5.41, 5.74) is -0.106. The molecule has 84 valence electrons. The van der Waals surface area contributed by atoms with Crippen LogP contribution in [0.1, 0.15) is 11.7 Å². The maximum atomic E-state index is 12.4. The molecule has 0 aliphatic carbocycles. The number of halogens is 3. The molecule has 1 nitrogen and oxygen atoms in total. The lowest BCUT2D eigenvalue weighted by atomic mass is 10.0. The van der Waals surface area contributed by atoms with Crippen molar-refractivity contribution in [3.05, 3.63) is 48.0 Å². The van der Waals surface area contributed by atoms with E-state index in [4.69, 9.17) is 0 Å². The first-order valence-corrected chi connectivity index (χ1v) is 4.72. The Morgan fingerprint density at radius 1 is 0.938 bits per heavy atom. The van der Waals surface area contributed by atoms with Crippen molar-refractivity contribution in [2.24, 2.45) is 0 Å². The lowest BCUT2D eigenvalue weighted by Crippen LogP contribution is -2.20. The van der Waals surface area contributed by atoms with Crippen molar-refractivity contribution in [2.45, 2.75) is 12.3 Å². The predicted molar refractivity (Wildman–Crippen MR) is 55.0 cm³/mol. The van der Waals surface area contributed by atoms with Gasteiger partial charge in [0.2, 0.25) is 0 Å². The van der Waals surface area contributed by atoms with E-state index in [0.717, 1.165) is 0 Å². The summed E-state index contributed by atoms with van der Waals surface area (Å²) in [6.45, 7) is 0. The lowest BCUT2D eigenvalue weighted by molar-refractivity contribution is -0.206. The first-order chi connectivity index (χ1) is 7.50. The molecule has 0 bridgehead atoms. The topological polar surface area (TPSA) is 20.2 Å². The largest absolute Gasteiger partial charge is 0.418 e. The Labute approximate surface area is 90.1 Å². The summed E-state index contributed by atoms with van der Waals surface area (Å²) in [4.78, 5) is 0. The van der Waals surface area contributed by atoms with Crippen LogP contribution in [0.15, 0.2) is 42.5 Å². The Kier molecular flexibility index (Phi) is 2.59. The van der Waals surface area contributed by atoms with E-state index in [9.17, 15) is 18.3 Å². The molecule has 0 heterocycles. The van der Waals surface area contributed by atoms with Gasteiger partial charge in [-0.15, -0.1) is 0 Å². The highest BCUT2D eigenvalue weighted by Crippen LogP contribution is 2.35. The number of rotatable bonds is 1. The molecule has 0 saturated carbocycles. The fourth-order valence-electron chi connectivity index (χ4n) is 1.67. The summed E-state index contributed by atoms with van der Waals surface area (Å²) in [5.74, 6) is 0. The molecule has 0 aliphatic heterocycles. The highest BCUT2D eigenvalue weighted by Gasteiger charge is 2.39. The van der Waals surface area contributed by atoms with Gasteiger partial charge < -0.3 is 5.11 Å². The number of hydrogen-bond acceptors (Lipinski definition) is 1. The normalized spacial score (nSPS) is 14.0. The Hall–Kier alpha value is -1.55. The summed E-state index contributed by atoms with van der Waals surface area (Å²) < 4.78 is 37.2. The van der Waals surface area contributed by atoms with Gasteiger partial charge in [-0.05, 0) is 16.3 Å². The highest BCUT2D eigenvalue weighted by atomic mass is 19.4. The maximum absolute atomic E-state index is 12.4. The van der Waals surface area contributed by atoms with Gasteiger partial charge in [0.05, 0.1) is 0 Å². The molecule has 2 rings (SSSR count).